The lowest BCUT2D eigenvalue weighted by Crippen LogP contribution is -2.24. The monoisotopic (exact) mass is 421 g/mol. The molecule has 1 aromatic heterocycles. The third-order valence-corrected chi connectivity index (χ3v) is 5.67. The zero-order chi connectivity index (χ0) is 20.8. The summed E-state index contributed by atoms with van der Waals surface area (Å²) in [6.07, 6.45) is 0. The van der Waals surface area contributed by atoms with Gasteiger partial charge >= 0.3 is 0 Å². The van der Waals surface area contributed by atoms with Gasteiger partial charge in [0.05, 0.1) is 16.8 Å². The maximum Gasteiger partial charge on any atom is 0.261 e. The van der Waals surface area contributed by atoms with Crippen LogP contribution >= 0.6 is 11.3 Å². The van der Waals surface area contributed by atoms with Crippen LogP contribution in [0.15, 0.2) is 41.8 Å². The lowest BCUT2D eigenvalue weighted by atomic mass is 10.1. The van der Waals surface area contributed by atoms with Crippen molar-refractivity contribution in [3.8, 4) is 22.8 Å². The summed E-state index contributed by atoms with van der Waals surface area (Å²) in [7, 11) is 1.42. The third-order valence-electron chi connectivity index (χ3n) is 4.91. The van der Waals surface area contributed by atoms with E-state index in [0.29, 0.717) is 41.1 Å². The van der Waals surface area contributed by atoms with Crippen LogP contribution in [-0.2, 0) is 0 Å². The second-order valence-corrected chi connectivity index (χ2v) is 7.64. The summed E-state index contributed by atoms with van der Waals surface area (Å²) < 4.78 is 11.1. The number of nitrogens with zero attached hydrogens (tertiary/aromatic N) is 2. The molecule has 3 aromatic rings. The standard InChI is InChI=1S/C21H15N3O5S/c1-24-19(26)13-4-2-12(8-14(13)20(24)27)18(25)23-21-22-15(10-30-21)11-3-5-16-17(9-11)29-7-6-28-16/h2-5,8-10H,6-7H2,1H3,(H,22,23,25). The number of benzene rings is 2. The average Bonchev–Trinajstić information content (AvgIpc) is 3.32. The predicted molar refractivity (Wildman–Crippen MR) is 109 cm³/mol. The van der Waals surface area contributed by atoms with Crippen LogP contribution in [0.2, 0.25) is 0 Å². The van der Waals surface area contributed by atoms with Crippen LogP contribution in [0.3, 0.4) is 0 Å². The van der Waals surface area contributed by atoms with Crippen LogP contribution in [0.4, 0.5) is 5.13 Å². The van der Waals surface area contributed by atoms with Crippen molar-refractivity contribution in [3.05, 3.63) is 58.5 Å². The van der Waals surface area contributed by atoms with Crippen molar-refractivity contribution >= 4 is 34.2 Å². The minimum atomic E-state index is -0.417. The molecule has 2 aliphatic heterocycles. The Balaban J connectivity index is 1.35. The number of thiazole rings is 1. The van der Waals surface area contributed by atoms with Crippen molar-refractivity contribution in [2.75, 3.05) is 25.6 Å². The van der Waals surface area contributed by atoms with Gasteiger partial charge < -0.3 is 9.47 Å². The molecule has 0 fully saturated rings. The molecule has 0 atom stereocenters. The van der Waals surface area contributed by atoms with Crippen LogP contribution in [0, 0.1) is 0 Å². The Morgan fingerprint density at radius 1 is 1.03 bits per heavy atom. The summed E-state index contributed by atoms with van der Waals surface area (Å²) in [6, 6.07) is 10.0. The summed E-state index contributed by atoms with van der Waals surface area (Å²) in [4.78, 5) is 42.3. The van der Waals surface area contributed by atoms with Gasteiger partial charge in [-0.2, -0.15) is 0 Å². The number of amides is 3. The minimum Gasteiger partial charge on any atom is -0.486 e. The fraction of sp³-hybridized carbons (Fsp3) is 0.143. The van der Waals surface area contributed by atoms with Crippen LogP contribution in [0.5, 0.6) is 11.5 Å². The summed E-state index contributed by atoms with van der Waals surface area (Å²) in [5.41, 5.74) is 2.35. The number of nitrogens with one attached hydrogen (secondary N) is 1. The van der Waals surface area contributed by atoms with E-state index < -0.39 is 11.8 Å². The molecule has 3 heterocycles. The first-order chi connectivity index (χ1) is 14.5. The van der Waals surface area contributed by atoms with Crippen molar-refractivity contribution in [2.45, 2.75) is 0 Å². The van der Waals surface area contributed by atoms with Crippen molar-refractivity contribution in [2.24, 2.45) is 0 Å². The Morgan fingerprint density at radius 3 is 2.63 bits per heavy atom. The maximum atomic E-state index is 12.6. The number of ether oxygens (including phenoxy) is 2. The molecule has 0 spiro atoms. The summed E-state index contributed by atoms with van der Waals surface area (Å²) in [5, 5.41) is 5.00. The Hall–Kier alpha value is -3.72. The molecule has 30 heavy (non-hydrogen) atoms. The van der Waals surface area contributed by atoms with E-state index in [-0.39, 0.29) is 17.0 Å². The first-order valence-corrected chi connectivity index (χ1v) is 10.0. The smallest absolute Gasteiger partial charge is 0.261 e. The van der Waals surface area contributed by atoms with E-state index in [4.69, 9.17) is 9.47 Å². The number of carbonyl (C=O) groups excluding carboxylic acids is 3. The van der Waals surface area contributed by atoms with Gasteiger partial charge in [-0.05, 0) is 36.4 Å². The summed E-state index contributed by atoms with van der Waals surface area (Å²) >= 11 is 1.29. The Morgan fingerprint density at radius 2 is 1.80 bits per heavy atom. The number of anilines is 1. The Bertz CT molecular complexity index is 1220. The molecule has 9 heteroatoms. The molecule has 3 amide bonds. The molecule has 8 nitrogen and oxygen atoms in total. The average molecular weight is 421 g/mol. The fourth-order valence-corrected chi connectivity index (χ4v) is 4.05. The number of hydrogen-bond donors (Lipinski definition) is 1. The first-order valence-electron chi connectivity index (χ1n) is 9.14. The SMILES string of the molecule is CN1C(=O)c2ccc(C(=O)Nc3nc(-c4ccc5c(c4)OCCO5)cs3)cc2C1=O. The number of carbonyl (C=O) groups is 3. The third kappa shape index (κ3) is 3.00. The van der Waals surface area contributed by atoms with Gasteiger partial charge in [0.2, 0.25) is 0 Å². The molecule has 0 aliphatic carbocycles. The second-order valence-electron chi connectivity index (χ2n) is 6.78. The Labute approximate surface area is 175 Å². The molecule has 0 bridgehead atoms. The van der Waals surface area contributed by atoms with E-state index in [1.54, 1.807) is 0 Å². The van der Waals surface area contributed by atoms with Crippen molar-refractivity contribution in [1.82, 2.24) is 9.88 Å². The number of rotatable bonds is 3. The molecule has 0 saturated heterocycles. The zero-order valence-electron chi connectivity index (χ0n) is 15.8. The highest BCUT2D eigenvalue weighted by Crippen LogP contribution is 2.35. The van der Waals surface area contributed by atoms with Crippen LogP contribution in [0.1, 0.15) is 31.1 Å². The number of hydrogen-bond acceptors (Lipinski definition) is 7. The summed E-state index contributed by atoms with van der Waals surface area (Å²) in [5.74, 6) is 0.171. The maximum absolute atomic E-state index is 12.6. The lowest BCUT2D eigenvalue weighted by Gasteiger charge is -2.18. The van der Waals surface area contributed by atoms with Gasteiger partial charge in [-0.25, -0.2) is 4.98 Å². The van der Waals surface area contributed by atoms with Crippen molar-refractivity contribution in [3.63, 3.8) is 0 Å². The van der Waals surface area contributed by atoms with Gasteiger partial charge in [-0.1, -0.05) is 0 Å². The number of fused-ring (bicyclic) bond motifs is 2. The van der Waals surface area contributed by atoms with Gasteiger partial charge in [-0.3, -0.25) is 24.6 Å². The topological polar surface area (TPSA) is 97.8 Å². The van der Waals surface area contributed by atoms with Gasteiger partial charge in [-0.15, -0.1) is 11.3 Å². The number of aromatic nitrogens is 1. The highest BCUT2D eigenvalue weighted by atomic mass is 32.1. The van der Waals surface area contributed by atoms with Crippen LogP contribution < -0.4 is 14.8 Å². The molecular weight excluding hydrogens is 406 g/mol. The normalized spacial score (nSPS) is 14.6. The van der Waals surface area contributed by atoms with Crippen molar-refractivity contribution in [1.29, 1.82) is 0 Å². The van der Waals surface area contributed by atoms with Gasteiger partial charge in [0.1, 0.15) is 13.2 Å². The fourth-order valence-electron chi connectivity index (χ4n) is 3.34. The van der Waals surface area contributed by atoms with Crippen LogP contribution in [-0.4, -0.2) is 47.9 Å². The van der Waals surface area contributed by atoms with Crippen LogP contribution in [0.25, 0.3) is 11.3 Å². The highest BCUT2D eigenvalue weighted by molar-refractivity contribution is 7.14. The minimum absolute atomic E-state index is 0.228. The highest BCUT2D eigenvalue weighted by Gasteiger charge is 2.33. The van der Waals surface area contributed by atoms with E-state index in [0.717, 1.165) is 10.5 Å². The molecule has 0 unspecified atom stereocenters. The second kappa shape index (κ2) is 6.96. The molecule has 1 N–H and O–H groups in total. The lowest BCUT2D eigenvalue weighted by molar-refractivity contribution is 0.0693. The largest absolute Gasteiger partial charge is 0.486 e. The Kier molecular flexibility index (Phi) is 4.25. The van der Waals surface area contributed by atoms with E-state index in [9.17, 15) is 14.4 Å². The molecule has 2 aliphatic rings. The van der Waals surface area contributed by atoms with E-state index in [1.807, 2.05) is 23.6 Å². The van der Waals surface area contributed by atoms with Gasteiger partial charge in [0.15, 0.2) is 16.6 Å². The van der Waals surface area contributed by atoms with E-state index >= 15 is 0 Å². The number of imide groups is 1. The zero-order valence-corrected chi connectivity index (χ0v) is 16.6. The van der Waals surface area contributed by atoms with Crippen molar-refractivity contribution < 1.29 is 23.9 Å². The molecule has 0 radical (unpaired) electrons. The molecule has 5 rings (SSSR count). The quantitative estimate of drug-likeness (QED) is 0.653. The molecule has 0 saturated carbocycles. The first kappa shape index (κ1) is 18.3. The van der Waals surface area contributed by atoms with Gasteiger partial charge in [0.25, 0.3) is 17.7 Å². The van der Waals surface area contributed by atoms with Gasteiger partial charge in [0, 0.05) is 23.6 Å². The molecule has 150 valence electrons. The molecule has 2 aromatic carbocycles. The molecular formula is C21H15N3O5S. The van der Waals surface area contributed by atoms with E-state index in [1.165, 1.54) is 36.6 Å². The summed E-state index contributed by atoms with van der Waals surface area (Å²) in [6.45, 7) is 1.03. The van der Waals surface area contributed by atoms with E-state index in [2.05, 4.69) is 10.3 Å². The predicted octanol–water partition coefficient (Wildman–Crippen LogP) is 3.06.